The second kappa shape index (κ2) is 11.6. The Kier molecular flexibility index (Phi) is 7.82. The summed E-state index contributed by atoms with van der Waals surface area (Å²) in [4.78, 5) is 27.6. The van der Waals surface area contributed by atoms with Crippen molar-refractivity contribution >= 4 is 67.5 Å². The van der Waals surface area contributed by atoms with Gasteiger partial charge in [-0.1, -0.05) is 23.7 Å². The van der Waals surface area contributed by atoms with Gasteiger partial charge in [-0.3, -0.25) is 14.9 Å². The lowest BCUT2D eigenvalue weighted by molar-refractivity contribution is -0.384. The first-order chi connectivity index (χ1) is 18.9. The zero-order chi connectivity index (χ0) is 27.4. The molecule has 0 bridgehead atoms. The van der Waals surface area contributed by atoms with Crippen LogP contribution < -0.4 is 10.7 Å². The standard InChI is InChI=1S/C27H17BrClN5O4S/c28-23-13-20(34(36)37)9-11-22(23)25-12-10-21(38-25)14-30-33-26(35)17-3-1-16(2-4-17)24-15-39-27(32-24)31-19-7-5-18(29)6-8-19/h1-15H,(H,31,32)(H,33,35)/b30-14-. The average Bonchev–Trinajstić information content (AvgIpc) is 3.60. The SMILES string of the molecule is O=C(N/N=C\c1ccc(-c2ccc([N+](=O)[O-])cc2Br)o1)c1ccc(-c2csc(Nc3ccc(Cl)cc3)n2)cc1. The van der Waals surface area contributed by atoms with Gasteiger partial charge in [0.1, 0.15) is 11.5 Å². The molecule has 5 rings (SSSR count). The van der Waals surface area contributed by atoms with E-state index in [1.54, 1.807) is 42.5 Å². The number of nitrogens with one attached hydrogen (secondary N) is 2. The molecule has 2 heterocycles. The maximum Gasteiger partial charge on any atom is 0.271 e. The summed E-state index contributed by atoms with van der Waals surface area (Å²) in [6, 6.07) is 22.2. The van der Waals surface area contributed by atoms with E-state index in [9.17, 15) is 14.9 Å². The molecular formula is C27H17BrClN5O4S. The molecule has 9 nitrogen and oxygen atoms in total. The monoisotopic (exact) mass is 621 g/mol. The van der Waals surface area contributed by atoms with Crippen LogP contribution in [-0.4, -0.2) is 22.0 Å². The number of hydrogen-bond donors (Lipinski definition) is 2. The number of anilines is 2. The fourth-order valence-corrected chi connectivity index (χ4v) is 4.94. The highest BCUT2D eigenvalue weighted by atomic mass is 79.9. The molecule has 0 saturated heterocycles. The number of hydrogen-bond acceptors (Lipinski definition) is 8. The van der Waals surface area contributed by atoms with Crippen LogP contribution in [0.2, 0.25) is 5.02 Å². The van der Waals surface area contributed by atoms with Gasteiger partial charge in [0.2, 0.25) is 0 Å². The topological polar surface area (TPSA) is 123 Å². The minimum Gasteiger partial charge on any atom is -0.455 e. The number of aromatic nitrogens is 1. The number of amides is 1. The third-order valence-electron chi connectivity index (χ3n) is 5.46. The Bertz CT molecular complexity index is 1680. The van der Waals surface area contributed by atoms with Gasteiger partial charge in [0.05, 0.1) is 16.8 Å². The molecular weight excluding hydrogens is 606 g/mol. The highest BCUT2D eigenvalue weighted by Crippen LogP contribution is 2.32. The number of hydrazone groups is 1. The van der Waals surface area contributed by atoms with Crippen LogP contribution in [0.4, 0.5) is 16.5 Å². The smallest absolute Gasteiger partial charge is 0.271 e. The van der Waals surface area contributed by atoms with E-state index < -0.39 is 4.92 Å². The number of furan rings is 1. The third-order valence-corrected chi connectivity index (χ3v) is 7.12. The molecule has 0 spiro atoms. The molecule has 1 amide bonds. The number of nitro benzene ring substituents is 1. The third kappa shape index (κ3) is 6.40. The van der Waals surface area contributed by atoms with Crippen LogP contribution in [0.3, 0.4) is 0 Å². The molecule has 5 aromatic rings. The first-order valence-corrected chi connectivity index (χ1v) is 13.4. The number of thiazole rings is 1. The Labute approximate surface area is 239 Å². The summed E-state index contributed by atoms with van der Waals surface area (Å²) >= 11 is 10.7. The van der Waals surface area contributed by atoms with E-state index in [-0.39, 0.29) is 11.6 Å². The second-order valence-electron chi connectivity index (χ2n) is 8.07. The molecule has 0 atom stereocenters. The van der Waals surface area contributed by atoms with Crippen molar-refractivity contribution < 1.29 is 14.1 Å². The number of rotatable bonds is 8. The van der Waals surface area contributed by atoms with Gasteiger partial charge in [0, 0.05) is 49.4 Å². The lowest BCUT2D eigenvalue weighted by atomic mass is 10.1. The van der Waals surface area contributed by atoms with Crippen molar-refractivity contribution in [2.75, 3.05) is 5.32 Å². The largest absolute Gasteiger partial charge is 0.455 e. The fraction of sp³-hybridized carbons (Fsp3) is 0. The first-order valence-electron chi connectivity index (χ1n) is 11.3. The molecule has 0 saturated carbocycles. The molecule has 3 aromatic carbocycles. The lowest BCUT2D eigenvalue weighted by Gasteiger charge is -2.03. The van der Waals surface area contributed by atoms with Gasteiger partial charge in [0.25, 0.3) is 11.6 Å². The maximum absolute atomic E-state index is 12.5. The maximum atomic E-state index is 12.5. The van der Waals surface area contributed by atoms with Crippen LogP contribution in [-0.2, 0) is 0 Å². The van der Waals surface area contributed by atoms with E-state index in [0.29, 0.717) is 32.1 Å². The van der Waals surface area contributed by atoms with Crippen LogP contribution in [0, 0.1) is 10.1 Å². The van der Waals surface area contributed by atoms with Crippen molar-refractivity contribution in [1.29, 1.82) is 0 Å². The highest BCUT2D eigenvalue weighted by molar-refractivity contribution is 9.10. The minimum atomic E-state index is -0.471. The summed E-state index contributed by atoms with van der Waals surface area (Å²) in [6.07, 6.45) is 1.37. The van der Waals surface area contributed by atoms with Crippen molar-refractivity contribution in [3.63, 3.8) is 0 Å². The van der Waals surface area contributed by atoms with Crippen LogP contribution >= 0.6 is 38.9 Å². The summed E-state index contributed by atoms with van der Waals surface area (Å²) in [6.45, 7) is 0. The molecule has 0 fully saturated rings. The van der Waals surface area contributed by atoms with E-state index in [1.165, 1.54) is 29.7 Å². The molecule has 194 valence electrons. The van der Waals surface area contributed by atoms with Gasteiger partial charge in [-0.25, -0.2) is 10.4 Å². The number of benzene rings is 3. The van der Waals surface area contributed by atoms with Crippen LogP contribution in [0.15, 0.2) is 98.2 Å². The predicted molar refractivity (Wildman–Crippen MR) is 156 cm³/mol. The predicted octanol–water partition coefficient (Wildman–Crippen LogP) is 7.90. The van der Waals surface area contributed by atoms with E-state index in [4.69, 9.17) is 16.0 Å². The number of carbonyl (C=O) groups excluding carboxylic acids is 1. The quantitative estimate of drug-likeness (QED) is 0.103. The summed E-state index contributed by atoms with van der Waals surface area (Å²) in [5.74, 6) is 0.511. The normalized spacial score (nSPS) is 11.0. The molecule has 0 unspecified atom stereocenters. The van der Waals surface area contributed by atoms with E-state index in [2.05, 4.69) is 36.8 Å². The average molecular weight is 623 g/mol. The number of non-ortho nitro benzene ring substituents is 1. The Hall–Kier alpha value is -4.32. The first kappa shape index (κ1) is 26.3. The van der Waals surface area contributed by atoms with E-state index in [1.807, 2.05) is 29.6 Å². The van der Waals surface area contributed by atoms with Gasteiger partial charge in [-0.05, 0) is 70.5 Å². The summed E-state index contributed by atoms with van der Waals surface area (Å²) in [7, 11) is 0. The van der Waals surface area contributed by atoms with Crippen LogP contribution in [0.5, 0.6) is 0 Å². The van der Waals surface area contributed by atoms with Gasteiger partial charge in [-0.15, -0.1) is 11.3 Å². The van der Waals surface area contributed by atoms with E-state index >= 15 is 0 Å². The van der Waals surface area contributed by atoms with Gasteiger partial charge in [-0.2, -0.15) is 5.10 Å². The Morgan fingerprint density at radius 1 is 1.08 bits per heavy atom. The Morgan fingerprint density at radius 2 is 1.85 bits per heavy atom. The van der Waals surface area contributed by atoms with E-state index in [0.717, 1.165) is 22.1 Å². The van der Waals surface area contributed by atoms with Crippen molar-refractivity contribution in [1.82, 2.24) is 10.4 Å². The van der Waals surface area contributed by atoms with Gasteiger partial charge < -0.3 is 9.73 Å². The lowest BCUT2D eigenvalue weighted by Crippen LogP contribution is -2.17. The van der Waals surface area contributed by atoms with Crippen LogP contribution in [0.25, 0.3) is 22.6 Å². The zero-order valence-corrected chi connectivity index (χ0v) is 23.0. The zero-order valence-electron chi connectivity index (χ0n) is 19.8. The summed E-state index contributed by atoms with van der Waals surface area (Å²) in [5, 5.41) is 21.5. The Balaban J connectivity index is 1.18. The number of nitrogens with zero attached hydrogens (tertiary/aromatic N) is 3. The number of halogens is 2. The molecule has 2 N–H and O–H groups in total. The molecule has 39 heavy (non-hydrogen) atoms. The molecule has 2 aromatic heterocycles. The Morgan fingerprint density at radius 3 is 2.56 bits per heavy atom. The van der Waals surface area contributed by atoms with Crippen molar-refractivity contribution in [2.45, 2.75) is 0 Å². The van der Waals surface area contributed by atoms with Gasteiger partial charge >= 0.3 is 0 Å². The number of nitro groups is 1. The van der Waals surface area contributed by atoms with Crippen molar-refractivity contribution in [3.8, 4) is 22.6 Å². The number of carbonyl (C=O) groups is 1. The molecule has 0 radical (unpaired) electrons. The van der Waals surface area contributed by atoms with Gasteiger partial charge in [0.15, 0.2) is 5.13 Å². The van der Waals surface area contributed by atoms with Crippen molar-refractivity contribution in [3.05, 3.63) is 115 Å². The van der Waals surface area contributed by atoms with Crippen LogP contribution in [0.1, 0.15) is 16.1 Å². The minimum absolute atomic E-state index is 0.0304. The second-order valence-corrected chi connectivity index (χ2v) is 10.2. The summed E-state index contributed by atoms with van der Waals surface area (Å²) < 4.78 is 6.26. The molecule has 0 aliphatic rings. The summed E-state index contributed by atoms with van der Waals surface area (Å²) in [5.41, 5.74) is 6.07. The highest BCUT2D eigenvalue weighted by Gasteiger charge is 2.13. The molecule has 0 aliphatic heterocycles. The molecule has 12 heteroatoms. The molecule has 0 aliphatic carbocycles. The van der Waals surface area contributed by atoms with Crippen molar-refractivity contribution in [2.24, 2.45) is 5.10 Å². The fourth-order valence-electron chi connectivity index (χ4n) is 3.52.